The smallest absolute Gasteiger partial charge is 0.319 e. The molecule has 1 N–H and O–H groups in total. The van der Waals surface area contributed by atoms with Gasteiger partial charge in [0.25, 0.3) is 0 Å². The van der Waals surface area contributed by atoms with Gasteiger partial charge in [-0.2, -0.15) is 9.97 Å². The van der Waals surface area contributed by atoms with E-state index in [-0.39, 0.29) is 45.9 Å². The van der Waals surface area contributed by atoms with Crippen molar-refractivity contribution in [3.8, 4) is 28.9 Å². The van der Waals surface area contributed by atoms with Gasteiger partial charge >= 0.3 is 6.01 Å². The first-order chi connectivity index (χ1) is 21.8. The third-order valence-electron chi connectivity index (χ3n) is 9.69. The van der Waals surface area contributed by atoms with E-state index in [0.29, 0.717) is 66.9 Å². The maximum absolute atomic E-state index is 17.0. The number of ether oxygens (including phenoxy) is 3. The number of aromatic nitrogens is 3. The van der Waals surface area contributed by atoms with Crippen molar-refractivity contribution in [2.45, 2.75) is 51.5 Å². The number of nitrogens with zero attached hydrogens (tertiary/aromatic N) is 5. The molecule has 0 radical (unpaired) electrons. The fraction of sp³-hybridized carbons (Fsp3) is 0.500. The van der Waals surface area contributed by atoms with Gasteiger partial charge in [0.2, 0.25) is 5.88 Å². The van der Waals surface area contributed by atoms with Crippen LogP contribution in [0.4, 0.5) is 14.6 Å². The number of benzene rings is 2. The third-order valence-corrected chi connectivity index (χ3v) is 9.69. The number of anilines is 1. The number of aromatic hydroxyl groups is 1. The Labute approximate surface area is 261 Å². The van der Waals surface area contributed by atoms with Gasteiger partial charge in [-0.05, 0) is 85.6 Å². The lowest BCUT2D eigenvalue weighted by Crippen LogP contribution is -2.43. The Balaban J connectivity index is 1.44. The molecule has 9 nitrogen and oxygen atoms in total. The van der Waals surface area contributed by atoms with Crippen LogP contribution in [0, 0.1) is 17.6 Å². The highest BCUT2D eigenvalue weighted by Crippen LogP contribution is 2.43. The number of phenolic OH excluding ortho intramolecular Hbond substituents is 1. The molecule has 0 aliphatic carbocycles. The van der Waals surface area contributed by atoms with Crippen molar-refractivity contribution >= 4 is 27.5 Å². The Morgan fingerprint density at radius 3 is 2.62 bits per heavy atom. The predicted octanol–water partition coefficient (Wildman–Crippen LogP) is 5.88. The largest absolute Gasteiger partial charge is 0.508 e. The van der Waals surface area contributed by atoms with Crippen molar-refractivity contribution in [2.24, 2.45) is 5.92 Å². The molecule has 238 valence electrons. The number of phenols is 1. The summed E-state index contributed by atoms with van der Waals surface area (Å²) in [5, 5.41) is 12.0. The van der Waals surface area contributed by atoms with E-state index in [1.807, 2.05) is 6.92 Å². The minimum Gasteiger partial charge on any atom is -0.508 e. The molecule has 5 heterocycles. The molecule has 3 aliphatic heterocycles. The number of fused-ring (bicyclic) bond motifs is 3. The second-order valence-corrected chi connectivity index (χ2v) is 12.6. The van der Waals surface area contributed by atoms with Crippen LogP contribution in [0.2, 0.25) is 0 Å². The Morgan fingerprint density at radius 2 is 1.87 bits per heavy atom. The lowest BCUT2D eigenvalue weighted by atomic mass is 9.94. The summed E-state index contributed by atoms with van der Waals surface area (Å²) >= 11 is 0. The van der Waals surface area contributed by atoms with E-state index < -0.39 is 11.6 Å². The van der Waals surface area contributed by atoms with Crippen LogP contribution < -0.4 is 14.4 Å². The van der Waals surface area contributed by atoms with Gasteiger partial charge < -0.3 is 24.2 Å². The van der Waals surface area contributed by atoms with Crippen LogP contribution >= 0.6 is 0 Å². The average Bonchev–Trinajstić information content (AvgIpc) is 3.54. The van der Waals surface area contributed by atoms with Crippen molar-refractivity contribution in [1.29, 1.82) is 0 Å². The molecule has 1 unspecified atom stereocenters. The molecule has 0 amide bonds. The number of halogens is 2. The Hall–Kier alpha value is -3.83. The molecule has 0 spiro atoms. The summed E-state index contributed by atoms with van der Waals surface area (Å²) in [6.07, 6.45) is 4.71. The van der Waals surface area contributed by atoms with Gasteiger partial charge in [0.05, 0.1) is 25.9 Å². The molecule has 3 fully saturated rings. The van der Waals surface area contributed by atoms with Crippen molar-refractivity contribution in [2.75, 3.05) is 58.0 Å². The monoisotopic (exact) mass is 619 g/mol. The van der Waals surface area contributed by atoms with Crippen LogP contribution in [0.5, 0.6) is 17.6 Å². The van der Waals surface area contributed by atoms with Gasteiger partial charge in [-0.25, -0.2) is 13.8 Å². The zero-order valence-electron chi connectivity index (χ0n) is 26.0. The van der Waals surface area contributed by atoms with Crippen LogP contribution in [0.15, 0.2) is 24.3 Å². The number of methoxy groups -OCH3 is 1. The second-order valence-electron chi connectivity index (χ2n) is 12.6. The molecule has 11 heteroatoms. The normalized spacial score (nSPS) is 20.1. The van der Waals surface area contributed by atoms with E-state index >= 15 is 8.78 Å². The number of aryl methyl sites for hydroxylation is 1. The molecule has 2 aromatic heterocycles. The number of hydrogen-bond acceptors (Lipinski definition) is 9. The molecule has 7 rings (SSSR count). The van der Waals surface area contributed by atoms with Crippen LogP contribution in [-0.4, -0.2) is 83.6 Å². The predicted molar refractivity (Wildman–Crippen MR) is 168 cm³/mol. The minimum atomic E-state index is -0.724. The molecule has 45 heavy (non-hydrogen) atoms. The standard InChI is InChI=1S/C34H39F2N5O4/c1-4-23-25(35)8-7-21-15-22(42)16-24(26(21)23)29-28(36)30-27(32(37-29)43-3)31(40-13-14-44-18-20(2)17-40)39-33(38-30)45-19-34-9-5-11-41(34)12-6-10-34/h7-8,15-16,20,42H,4-6,9-14,17-19H2,1-3H3. The summed E-state index contributed by atoms with van der Waals surface area (Å²) in [7, 11) is 1.47. The van der Waals surface area contributed by atoms with E-state index in [9.17, 15) is 5.11 Å². The van der Waals surface area contributed by atoms with Gasteiger partial charge in [-0.15, -0.1) is 0 Å². The van der Waals surface area contributed by atoms with Crippen molar-refractivity contribution < 1.29 is 28.1 Å². The molecule has 2 aromatic carbocycles. The fourth-order valence-electron chi connectivity index (χ4n) is 7.59. The third kappa shape index (κ3) is 5.19. The van der Waals surface area contributed by atoms with Gasteiger partial charge in [0.15, 0.2) is 5.82 Å². The molecule has 3 aliphatic rings. The van der Waals surface area contributed by atoms with Crippen molar-refractivity contribution in [3.63, 3.8) is 0 Å². The molecule has 4 aromatic rings. The molecule has 0 bridgehead atoms. The SMILES string of the molecule is CCc1c(F)ccc2cc(O)cc(-c3nc(OC)c4c(N5CCOCC(C)C5)nc(OCC56CCCN5CCC6)nc4c3F)c12. The van der Waals surface area contributed by atoms with Gasteiger partial charge in [-0.1, -0.05) is 19.9 Å². The zero-order chi connectivity index (χ0) is 31.3. The highest BCUT2D eigenvalue weighted by Gasteiger charge is 2.45. The van der Waals surface area contributed by atoms with E-state index in [1.165, 1.54) is 25.3 Å². The zero-order valence-corrected chi connectivity index (χ0v) is 26.0. The Morgan fingerprint density at radius 1 is 1.07 bits per heavy atom. The van der Waals surface area contributed by atoms with E-state index in [1.54, 1.807) is 6.07 Å². The van der Waals surface area contributed by atoms with Crippen molar-refractivity contribution in [3.05, 3.63) is 41.5 Å². The highest BCUT2D eigenvalue weighted by molar-refractivity contribution is 6.03. The van der Waals surface area contributed by atoms with E-state index in [2.05, 4.69) is 26.7 Å². The Kier molecular flexibility index (Phi) is 7.85. The second kappa shape index (κ2) is 11.8. The first-order valence-corrected chi connectivity index (χ1v) is 15.9. The van der Waals surface area contributed by atoms with E-state index in [4.69, 9.17) is 19.2 Å². The van der Waals surface area contributed by atoms with Crippen LogP contribution in [0.1, 0.15) is 45.1 Å². The van der Waals surface area contributed by atoms with Crippen LogP contribution in [0.3, 0.4) is 0 Å². The van der Waals surface area contributed by atoms with Crippen LogP contribution in [0.25, 0.3) is 32.9 Å². The summed E-state index contributed by atoms with van der Waals surface area (Å²) in [6.45, 7) is 8.72. The van der Waals surface area contributed by atoms with Crippen LogP contribution in [-0.2, 0) is 11.2 Å². The molecule has 1 atom stereocenters. The maximum Gasteiger partial charge on any atom is 0.319 e. The first-order valence-electron chi connectivity index (χ1n) is 15.9. The average molecular weight is 620 g/mol. The van der Waals surface area contributed by atoms with E-state index in [0.717, 1.165) is 38.8 Å². The summed E-state index contributed by atoms with van der Waals surface area (Å²) < 4.78 is 50.0. The molecule has 3 saturated heterocycles. The van der Waals surface area contributed by atoms with Gasteiger partial charge in [0, 0.05) is 18.7 Å². The summed E-state index contributed by atoms with van der Waals surface area (Å²) in [6, 6.07) is 5.98. The summed E-state index contributed by atoms with van der Waals surface area (Å²) in [5.41, 5.74) is 0.507. The lowest BCUT2D eigenvalue weighted by molar-refractivity contribution is 0.108. The molecule has 0 saturated carbocycles. The topological polar surface area (TPSA) is 93.1 Å². The Bertz CT molecular complexity index is 1760. The molecular formula is C34H39F2N5O4. The van der Waals surface area contributed by atoms with Gasteiger partial charge in [0.1, 0.15) is 40.6 Å². The maximum atomic E-state index is 17.0. The highest BCUT2D eigenvalue weighted by atomic mass is 19.1. The number of pyridine rings is 1. The van der Waals surface area contributed by atoms with Gasteiger partial charge in [-0.3, -0.25) is 4.90 Å². The summed E-state index contributed by atoms with van der Waals surface area (Å²) in [4.78, 5) is 18.7. The summed E-state index contributed by atoms with van der Waals surface area (Å²) in [5.74, 6) is -0.420. The number of hydrogen-bond donors (Lipinski definition) is 1. The number of rotatable bonds is 7. The minimum absolute atomic E-state index is 0.00665. The quantitative estimate of drug-likeness (QED) is 0.272. The lowest BCUT2D eigenvalue weighted by Gasteiger charge is -2.31. The molecular weight excluding hydrogens is 580 g/mol. The van der Waals surface area contributed by atoms with Crippen molar-refractivity contribution in [1.82, 2.24) is 19.9 Å². The first kappa shape index (κ1) is 29.9. The fourth-order valence-corrected chi connectivity index (χ4v) is 7.59.